The fraction of sp³-hybridized carbons (Fsp3) is 0.375. The Morgan fingerprint density at radius 2 is 1.85 bits per heavy atom. The lowest BCUT2D eigenvalue weighted by Gasteiger charge is -2.20. The molecule has 0 aliphatic rings. The maximum Gasteiger partial charge on any atom is 0.257 e. The molecule has 0 saturated carbocycles. The second kappa shape index (κ2) is 5.49. The summed E-state index contributed by atoms with van der Waals surface area (Å²) in [5.74, 6) is 0.425. The number of benzene rings is 1. The van der Waals surface area contributed by atoms with Crippen molar-refractivity contribution in [1.82, 2.24) is 4.90 Å². The minimum Gasteiger partial charge on any atom is -0.460 e. The topological polar surface area (TPSA) is 50.5 Å². The van der Waals surface area contributed by atoms with Gasteiger partial charge in [0.05, 0.1) is 10.9 Å². The van der Waals surface area contributed by atoms with Crippen molar-refractivity contribution in [3.63, 3.8) is 0 Å². The Kier molecular flexibility index (Phi) is 3.93. The van der Waals surface area contributed by atoms with E-state index in [1.165, 1.54) is 6.07 Å². The third-order valence-corrected chi connectivity index (χ3v) is 3.49. The monoisotopic (exact) mass is 273 g/mol. The third kappa shape index (κ3) is 2.33. The predicted octanol–water partition coefficient (Wildman–Crippen LogP) is 2.89. The number of hydrogen-bond acceptors (Lipinski definition) is 3. The first-order valence-corrected chi connectivity index (χ1v) is 6.82. The van der Waals surface area contributed by atoms with E-state index in [0.29, 0.717) is 35.4 Å². The molecule has 0 N–H and O–H groups in total. The molecular formula is C16H19NO3. The fourth-order valence-electron chi connectivity index (χ4n) is 2.37. The zero-order chi connectivity index (χ0) is 14.9. The van der Waals surface area contributed by atoms with Gasteiger partial charge in [0.15, 0.2) is 11.0 Å². The van der Waals surface area contributed by atoms with E-state index < -0.39 is 0 Å². The molecule has 0 aliphatic heterocycles. The Balaban J connectivity index is 2.78. The van der Waals surface area contributed by atoms with E-state index in [1.54, 1.807) is 24.0 Å². The molecule has 0 spiro atoms. The molecule has 2 rings (SSSR count). The normalized spacial score (nSPS) is 10.8. The molecule has 0 atom stereocenters. The van der Waals surface area contributed by atoms with Gasteiger partial charge in [-0.05, 0) is 39.3 Å². The maximum absolute atomic E-state index is 12.6. The van der Waals surface area contributed by atoms with Gasteiger partial charge in [0.1, 0.15) is 5.76 Å². The van der Waals surface area contributed by atoms with Crippen molar-refractivity contribution in [2.45, 2.75) is 27.7 Å². The number of hydrogen-bond donors (Lipinski definition) is 0. The van der Waals surface area contributed by atoms with Crippen LogP contribution in [-0.4, -0.2) is 23.9 Å². The van der Waals surface area contributed by atoms with Gasteiger partial charge in [-0.2, -0.15) is 0 Å². The number of amides is 1. The van der Waals surface area contributed by atoms with Crippen LogP contribution in [-0.2, 0) is 0 Å². The SMILES string of the molecule is CCN(CC)C(=O)c1c(C)ccc2c(=O)cc(C)oc12. The van der Waals surface area contributed by atoms with Crippen LogP contribution in [0.3, 0.4) is 0 Å². The largest absolute Gasteiger partial charge is 0.460 e. The highest BCUT2D eigenvalue weighted by atomic mass is 16.3. The van der Waals surface area contributed by atoms with Crippen LogP contribution in [0, 0.1) is 13.8 Å². The minimum atomic E-state index is -0.114. The van der Waals surface area contributed by atoms with Gasteiger partial charge in [-0.15, -0.1) is 0 Å². The summed E-state index contributed by atoms with van der Waals surface area (Å²) < 4.78 is 5.67. The van der Waals surface area contributed by atoms with E-state index in [4.69, 9.17) is 4.42 Å². The van der Waals surface area contributed by atoms with Gasteiger partial charge < -0.3 is 9.32 Å². The van der Waals surface area contributed by atoms with E-state index in [-0.39, 0.29) is 11.3 Å². The van der Waals surface area contributed by atoms with Crippen molar-refractivity contribution < 1.29 is 9.21 Å². The molecule has 4 nitrogen and oxygen atoms in total. The molecule has 2 aromatic rings. The van der Waals surface area contributed by atoms with Crippen molar-refractivity contribution in [2.75, 3.05) is 13.1 Å². The average Bonchev–Trinajstić information content (AvgIpc) is 2.39. The van der Waals surface area contributed by atoms with E-state index in [9.17, 15) is 9.59 Å². The molecule has 0 bridgehead atoms. The van der Waals surface area contributed by atoms with Gasteiger partial charge in [0.2, 0.25) is 0 Å². The lowest BCUT2D eigenvalue weighted by Crippen LogP contribution is -2.31. The Bertz CT molecular complexity index is 711. The minimum absolute atomic E-state index is 0.0909. The molecule has 1 aromatic heterocycles. The van der Waals surface area contributed by atoms with E-state index in [1.807, 2.05) is 20.8 Å². The summed E-state index contributed by atoms with van der Waals surface area (Å²) in [5, 5.41) is 0.455. The first-order valence-electron chi connectivity index (χ1n) is 6.82. The van der Waals surface area contributed by atoms with Crippen LogP contribution in [0.2, 0.25) is 0 Å². The van der Waals surface area contributed by atoms with Gasteiger partial charge in [0, 0.05) is 19.2 Å². The summed E-state index contributed by atoms with van der Waals surface area (Å²) in [5.41, 5.74) is 1.60. The molecule has 0 aliphatic carbocycles. The van der Waals surface area contributed by atoms with Crippen LogP contribution in [0.1, 0.15) is 35.5 Å². The molecule has 0 saturated heterocycles. The highest BCUT2D eigenvalue weighted by Crippen LogP contribution is 2.22. The molecule has 1 aromatic carbocycles. The van der Waals surface area contributed by atoms with Crippen molar-refractivity contribution in [3.05, 3.63) is 45.3 Å². The Hall–Kier alpha value is -2.10. The number of carbonyl (C=O) groups is 1. The molecule has 0 unspecified atom stereocenters. The summed E-state index contributed by atoms with van der Waals surface area (Å²) in [7, 11) is 0. The molecule has 0 fully saturated rings. The Morgan fingerprint density at radius 1 is 1.20 bits per heavy atom. The van der Waals surface area contributed by atoms with Gasteiger partial charge >= 0.3 is 0 Å². The summed E-state index contributed by atoms with van der Waals surface area (Å²) >= 11 is 0. The van der Waals surface area contributed by atoms with Gasteiger partial charge in [-0.25, -0.2) is 0 Å². The number of carbonyl (C=O) groups excluding carboxylic acids is 1. The Morgan fingerprint density at radius 3 is 2.45 bits per heavy atom. The van der Waals surface area contributed by atoms with Crippen LogP contribution in [0.4, 0.5) is 0 Å². The maximum atomic E-state index is 12.6. The molecule has 1 amide bonds. The van der Waals surface area contributed by atoms with Crippen molar-refractivity contribution >= 4 is 16.9 Å². The molecular weight excluding hydrogens is 254 g/mol. The zero-order valence-electron chi connectivity index (χ0n) is 12.3. The summed E-state index contributed by atoms with van der Waals surface area (Å²) in [6.07, 6.45) is 0. The smallest absolute Gasteiger partial charge is 0.257 e. The van der Waals surface area contributed by atoms with Crippen LogP contribution in [0.5, 0.6) is 0 Å². The van der Waals surface area contributed by atoms with Gasteiger partial charge in [-0.3, -0.25) is 9.59 Å². The summed E-state index contributed by atoms with van der Waals surface area (Å²) in [6, 6.07) is 4.96. The average molecular weight is 273 g/mol. The highest BCUT2D eigenvalue weighted by Gasteiger charge is 2.20. The Labute approximate surface area is 118 Å². The quantitative estimate of drug-likeness (QED) is 0.864. The standard InChI is InChI=1S/C16H19NO3/c1-5-17(6-2)16(19)14-10(3)7-8-12-13(18)9-11(4)20-15(12)14/h7-9H,5-6H2,1-4H3. The first-order chi connectivity index (χ1) is 9.49. The summed E-state index contributed by atoms with van der Waals surface area (Å²) in [6.45, 7) is 8.70. The van der Waals surface area contributed by atoms with Crippen molar-refractivity contribution in [3.8, 4) is 0 Å². The second-order valence-electron chi connectivity index (χ2n) is 4.83. The number of nitrogens with zero attached hydrogens (tertiary/aromatic N) is 1. The van der Waals surface area contributed by atoms with E-state index in [0.717, 1.165) is 5.56 Å². The van der Waals surface area contributed by atoms with Crippen LogP contribution in [0.15, 0.2) is 27.4 Å². The van der Waals surface area contributed by atoms with E-state index >= 15 is 0 Å². The molecule has 1 heterocycles. The van der Waals surface area contributed by atoms with Crippen LogP contribution < -0.4 is 5.43 Å². The summed E-state index contributed by atoms with van der Waals surface area (Å²) in [4.78, 5) is 26.4. The highest BCUT2D eigenvalue weighted by molar-refractivity contribution is 6.06. The lowest BCUT2D eigenvalue weighted by molar-refractivity contribution is 0.0773. The van der Waals surface area contributed by atoms with Gasteiger partial charge in [-0.1, -0.05) is 6.07 Å². The number of fused-ring (bicyclic) bond motifs is 1. The van der Waals surface area contributed by atoms with E-state index in [2.05, 4.69) is 0 Å². The van der Waals surface area contributed by atoms with Crippen molar-refractivity contribution in [1.29, 1.82) is 0 Å². The van der Waals surface area contributed by atoms with Gasteiger partial charge in [0.25, 0.3) is 5.91 Å². The van der Waals surface area contributed by atoms with Crippen molar-refractivity contribution in [2.24, 2.45) is 0 Å². The number of rotatable bonds is 3. The molecule has 20 heavy (non-hydrogen) atoms. The van der Waals surface area contributed by atoms with Crippen LogP contribution in [0.25, 0.3) is 11.0 Å². The fourth-order valence-corrected chi connectivity index (χ4v) is 2.37. The second-order valence-corrected chi connectivity index (χ2v) is 4.83. The molecule has 4 heteroatoms. The third-order valence-electron chi connectivity index (χ3n) is 3.49. The predicted molar refractivity (Wildman–Crippen MR) is 79.2 cm³/mol. The molecule has 106 valence electrons. The molecule has 0 radical (unpaired) electrons. The first kappa shape index (κ1) is 14.3. The zero-order valence-corrected chi connectivity index (χ0v) is 12.3. The lowest BCUT2D eigenvalue weighted by atomic mass is 10.0. The number of aryl methyl sites for hydroxylation is 2. The van der Waals surface area contributed by atoms with Crippen LogP contribution >= 0.6 is 0 Å².